The van der Waals surface area contributed by atoms with Crippen LogP contribution in [0.1, 0.15) is 21.5 Å². The van der Waals surface area contributed by atoms with E-state index in [9.17, 15) is 26.4 Å². The number of carbonyl (C=O) groups excluding carboxylic acids is 1. The Balaban J connectivity index is 1.36. The summed E-state index contributed by atoms with van der Waals surface area (Å²) in [5, 5.41) is 0. The van der Waals surface area contributed by atoms with E-state index in [0.717, 1.165) is 22.1 Å². The predicted octanol–water partition coefficient (Wildman–Crippen LogP) is 6.06. The van der Waals surface area contributed by atoms with Gasteiger partial charge in [-0.1, -0.05) is 48.5 Å². The molecule has 0 atom stereocenters. The molecule has 0 aliphatic carbocycles. The number of piperazine rings is 1. The lowest BCUT2D eigenvalue weighted by Crippen LogP contribution is -2.48. The summed E-state index contributed by atoms with van der Waals surface area (Å²) in [4.78, 5) is 17.3. The van der Waals surface area contributed by atoms with Gasteiger partial charge in [0.25, 0.3) is 15.9 Å². The van der Waals surface area contributed by atoms with Crippen LogP contribution in [0.4, 0.5) is 24.5 Å². The Morgan fingerprint density at radius 2 is 1.29 bits per heavy atom. The van der Waals surface area contributed by atoms with Crippen LogP contribution in [0.3, 0.4) is 0 Å². The molecule has 0 radical (unpaired) electrons. The van der Waals surface area contributed by atoms with E-state index >= 15 is 0 Å². The normalized spacial score (nSPS) is 14.1. The first-order valence-electron chi connectivity index (χ1n) is 13.1. The minimum absolute atomic E-state index is 0.0448. The van der Waals surface area contributed by atoms with Crippen LogP contribution in [0.5, 0.6) is 0 Å². The molecule has 1 saturated heterocycles. The Morgan fingerprint density at radius 3 is 1.85 bits per heavy atom. The van der Waals surface area contributed by atoms with Gasteiger partial charge in [-0.15, -0.1) is 0 Å². The van der Waals surface area contributed by atoms with Gasteiger partial charge in [0.2, 0.25) is 0 Å². The molecular formula is C31H28F3N3O3S. The molecule has 1 fully saturated rings. The fourth-order valence-corrected chi connectivity index (χ4v) is 6.23. The zero-order valence-electron chi connectivity index (χ0n) is 22.0. The summed E-state index contributed by atoms with van der Waals surface area (Å²) in [6.07, 6.45) is -4.50. The quantitative estimate of drug-likeness (QED) is 0.267. The first-order valence-corrected chi connectivity index (χ1v) is 14.5. The van der Waals surface area contributed by atoms with Crippen molar-refractivity contribution >= 4 is 27.3 Å². The number of sulfonamides is 1. The van der Waals surface area contributed by atoms with Crippen molar-refractivity contribution in [2.45, 2.75) is 17.6 Å². The molecule has 1 heterocycles. The average molecular weight is 580 g/mol. The molecule has 0 unspecified atom stereocenters. The number of carbonyl (C=O) groups is 1. The highest BCUT2D eigenvalue weighted by molar-refractivity contribution is 7.92. The van der Waals surface area contributed by atoms with Gasteiger partial charge >= 0.3 is 6.18 Å². The molecule has 41 heavy (non-hydrogen) atoms. The highest BCUT2D eigenvalue weighted by atomic mass is 32.2. The van der Waals surface area contributed by atoms with Crippen LogP contribution in [-0.4, -0.2) is 45.4 Å². The van der Waals surface area contributed by atoms with Crippen molar-refractivity contribution in [3.05, 3.63) is 126 Å². The number of alkyl halides is 3. The Labute approximate surface area is 237 Å². The summed E-state index contributed by atoms with van der Waals surface area (Å²) in [6.45, 7) is 2.31. The fraction of sp³-hybridized carbons (Fsp3) is 0.194. The minimum Gasteiger partial charge on any atom is -0.368 e. The second-order valence-corrected chi connectivity index (χ2v) is 11.5. The maximum absolute atomic E-state index is 13.6. The number of hydrogen-bond acceptors (Lipinski definition) is 4. The third-order valence-electron chi connectivity index (χ3n) is 7.03. The van der Waals surface area contributed by atoms with E-state index < -0.39 is 21.8 Å². The highest BCUT2D eigenvalue weighted by Crippen LogP contribution is 2.31. The van der Waals surface area contributed by atoms with Crippen LogP contribution in [0.15, 0.2) is 114 Å². The molecule has 0 N–H and O–H groups in total. The summed E-state index contributed by atoms with van der Waals surface area (Å²) in [5.41, 5.74) is 1.39. The van der Waals surface area contributed by atoms with Crippen molar-refractivity contribution in [3.8, 4) is 0 Å². The van der Waals surface area contributed by atoms with Crippen molar-refractivity contribution in [1.82, 2.24) is 4.90 Å². The first kappa shape index (κ1) is 28.2. The van der Waals surface area contributed by atoms with Crippen molar-refractivity contribution in [3.63, 3.8) is 0 Å². The van der Waals surface area contributed by atoms with E-state index in [1.807, 2.05) is 30.3 Å². The van der Waals surface area contributed by atoms with Gasteiger partial charge in [0.05, 0.1) is 22.7 Å². The van der Waals surface area contributed by atoms with E-state index in [0.29, 0.717) is 43.0 Å². The predicted molar refractivity (Wildman–Crippen MR) is 152 cm³/mol. The topological polar surface area (TPSA) is 60.9 Å². The molecule has 0 aromatic heterocycles. The molecule has 1 aliphatic heterocycles. The summed E-state index contributed by atoms with van der Waals surface area (Å²) < 4.78 is 67.6. The summed E-state index contributed by atoms with van der Waals surface area (Å²) in [7, 11) is -4.07. The lowest BCUT2D eigenvalue weighted by Gasteiger charge is -2.36. The fourth-order valence-electron chi connectivity index (χ4n) is 4.76. The van der Waals surface area contributed by atoms with Crippen LogP contribution >= 0.6 is 0 Å². The number of hydrogen-bond donors (Lipinski definition) is 0. The maximum Gasteiger partial charge on any atom is 0.416 e. The van der Waals surface area contributed by atoms with Gasteiger partial charge in [-0.05, 0) is 66.2 Å². The molecular weight excluding hydrogens is 551 g/mol. The lowest BCUT2D eigenvalue weighted by atomic mass is 10.1. The standard InChI is InChI=1S/C31H28F3N3O3S/c32-31(33,34)26-15-11-24(12-16-26)23-37(41(39,40)29-9-5-2-6-10-29)28-17-13-25(14-18-28)30(38)36-21-19-35(20-22-36)27-7-3-1-4-8-27/h1-18H,19-23H2. The van der Waals surface area contributed by atoms with Crippen molar-refractivity contribution < 1.29 is 26.4 Å². The third-order valence-corrected chi connectivity index (χ3v) is 8.82. The molecule has 4 aromatic rings. The molecule has 5 rings (SSSR count). The highest BCUT2D eigenvalue weighted by Gasteiger charge is 2.31. The van der Waals surface area contributed by atoms with E-state index in [4.69, 9.17) is 0 Å². The van der Waals surface area contributed by atoms with Crippen molar-refractivity contribution in [1.29, 1.82) is 0 Å². The monoisotopic (exact) mass is 579 g/mol. The second kappa shape index (κ2) is 11.7. The SMILES string of the molecule is O=C(c1ccc(N(Cc2ccc(C(F)(F)F)cc2)S(=O)(=O)c2ccccc2)cc1)N1CCN(c2ccccc2)CC1. The van der Waals surface area contributed by atoms with Gasteiger partial charge in [-0.3, -0.25) is 9.10 Å². The molecule has 1 aliphatic rings. The van der Waals surface area contributed by atoms with Gasteiger partial charge < -0.3 is 9.80 Å². The number of rotatable bonds is 7. The van der Waals surface area contributed by atoms with Crippen LogP contribution in [0, 0.1) is 0 Å². The van der Waals surface area contributed by atoms with Crippen LogP contribution in [0.2, 0.25) is 0 Å². The van der Waals surface area contributed by atoms with Crippen LogP contribution < -0.4 is 9.21 Å². The summed E-state index contributed by atoms with van der Waals surface area (Å²) in [5.74, 6) is -0.149. The number of anilines is 2. The van der Waals surface area contributed by atoms with Crippen molar-refractivity contribution in [2.24, 2.45) is 0 Å². The smallest absolute Gasteiger partial charge is 0.368 e. The number of halogens is 3. The Hall–Kier alpha value is -4.31. The number of nitrogens with zero attached hydrogens (tertiary/aromatic N) is 3. The molecule has 0 saturated carbocycles. The van der Waals surface area contributed by atoms with E-state index in [2.05, 4.69) is 4.90 Å². The Kier molecular flexibility index (Phi) is 8.03. The Morgan fingerprint density at radius 1 is 0.732 bits per heavy atom. The second-order valence-electron chi connectivity index (χ2n) is 9.68. The van der Waals surface area contributed by atoms with Gasteiger partial charge in [0.1, 0.15) is 0 Å². The van der Waals surface area contributed by atoms with Crippen molar-refractivity contribution in [2.75, 3.05) is 35.4 Å². The lowest BCUT2D eigenvalue weighted by molar-refractivity contribution is -0.137. The zero-order chi connectivity index (χ0) is 29.0. The first-order chi connectivity index (χ1) is 19.6. The molecule has 0 spiro atoms. The van der Waals surface area contributed by atoms with Crippen LogP contribution in [0.25, 0.3) is 0 Å². The van der Waals surface area contributed by atoms with Crippen LogP contribution in [-0.2, 0) is 22.7 Å². The summed E-state index contributed by atoms with van der Waals surface area (Å²) >= 11 is 0. The number of benzene rings is 4. The van der Waals surface area contributed by atoms with E-state index in [-0.39, 0.29) is 17.3 Å². The molecule has 1 amide bonds. The van der Waals surface area contributed by atoms with Gasteiger partial charge in [0, 0.05) is 37.4 Å². The molecule has 212 valence electrons. The number of para-hydroxylation sites is 1. The average Bonchev–Trinajstić information content (AvgIpc) is 3.00. The van der Waals surface area contributed by atoms with Gasteiger partial charge in [-0.25, -0.2) is 8.42 Å². The largest absolute Gasteiger partial charge is 0.416 e. The van der Waals surface area contributed by atoms with E-state index in [1.165, 1.54) is 24.3 Å². The summed E-state index contributed by atoms with van der Waals surface area (Å²) in [6, 6.07) is 28.5. The third kappa shape index (κ3) is 6.38. The molecule has 6 nitrogen and oxygen atoms in total. The van der Waals surface area contributed by atoms with Gasteiger partial charge in [0.15, 0.2) is 0 Å². The molecule has 4 aromatic carbocycles. The van der Waals surface area contributed by atoms with Gasteiger partial charge in [-0.2, -0.15) is 13.2 Å². The Bertz CT molecular complexity index is 1570. The molecule has 10 heteroatoms. The zero-order valence-corrected chi connectivity index (χ0v) is 22.9. The number of amides is 1. The molecule has 0 bridgehead atoms. The maximum atomic E-state index is 13.6. The minimum atomic E-state index is -4.50. The van der Waals surface area contributed by atoms with E-state index in [1.54, 1.807) is 47.4 Å².